The van der Waals surface area contributed by atoms with Crippen LogP contribution < -0.4 is 4.74 Å². The van der Waals surface area contributed by atoms with Crippen LogP contribution in [0.1, 0.15) is 33.6 Å². The molecular weight excluding hydrogens is 348 g/mol. The Morgan fingerprint density at radius 3 is 2.91 bits per heavy atom. The third kappa shape index (κ3) is 5.48. The third-order valence-electron chi connectivity index (χ3n) is 3.33. The van der Waals surface area contributed by atoms with Crippen molar-refractivity contribution in [3.8, 4) is 5.88 Å². The number of ether oxygens (including phenoxy) is 2. The molecule has 1 saturated heterocycles. The highest BCUT2D eigenvalue weighted by Gasteiger charge is 2.27. The molecular formula is C16H23BrN2O3. The van der Waals surface area contributed by atoms with Gasteiger partial charge in [0.05, 0.1) is 6.61 Å². The minimum absolute atomic E-state index is 0.238. The fourth-order valence-corrected chi connectivity index (χ4v) is 2.69. The van der Waals surface area contributed by atoms with Gasteiger partial charge in [0.25, 0.3) is 0 Å². The first-order chi connectivity index (χ1) is 10.3. The van der Waals surface area contributed by atoms with Gasteiger partial charge >= 0.3 is 6.09 Å². The summed E-state index contributed by atoms with van der Waals surface area (Å²) in [5.41, 5.74) is -0.458. The van der Waals surface area contributed by atoms with Crippen molar-refractivity contribution in [2.45, 2.75) is 39.2 Å². The van der Waals surface area contributed by atoms with Gasteiger partial charge < -0.3 is 14.4 Å². The van der Waals surface area contributed by atoms with Crippen molar-refractivity contribution in [2.75, 3.05) is 19.7 Å². The Hall–Kier alpha value is -1.30. The van der Waals surface area contributed by atoms with E-state index in [2.05, 4.69) is 20.9 Å². The summed E-state index contributed by atoms with van der Waals surface area (Å²) >= 11 is 3.32. The highest BCUT2D eigenvalue weighted by atomic mass is 79.9. The summed E-state index contributed by atoms with van der Waals surface area (Å²) in [4.78, 5) is 18.1. The quantitative estimate of drug-likeness (QED) is 0.757. The first-order valence-electron chi connectivity index (χ1n) is 7.57. The van der Waals surface area contributed by atoms with Crippen LogP contribution in [0, 0.1) is 5.92 Å². The molecule has 0 saturated carbocycles. The van der Waals surface area contributed by atoms with Gasteiger partial charge in [0.1, 0.15) is 10.2 Å². The zero-order valence-electron chi connectivity index (χ0n) is 13.3. The lowest BCUT2D eigenvalue weighted by atomic mass is 9.99. The molecule has 6 heteroatoms. The Balaban J connectivity index is 1.84. The molecule has 0 aromatic carbocycles. The second-order valence-corrected chi connectivity index (χ2v) is 7.36. The van der Waals surface area contributed by atoms with E-state index < -0.39 is 5.60 Å². The zero-order chi connectivity index (χ0) is 16.2. The van der Waals surface area contributed by atoms with Crippen LogP contribution in [0.5, 0.6) is 5.88 Å². The van der Waals surface area contributed by atoms with Gasteiger partial charge in [0, 0.05) is 25.1 Å². The molecule has 1 atom stereocenters. The van der Waals surface area contributed by atoms with Crippen molar-refractivity contribution in [2.24, 2.45) is 5.92 Å². The first-order valence-corrected chi connectivity index (χ1v) is 8.36. The smallest absolute Gasteiger partial charge is 0.410 e. The van der Waals surface area contributed by atoms with E-state index in [-0.39, 0.29) is 6.09 Å². The number of nitrogens with zero attached hydrogens (tertiary/aromatic N) is 2. The Kier molecular flexibility index (Phi) is 5.67. The van der Waals surface area contributed by atoms with Crippen LogP contribution in [0.3, 0.4) is 0 Å². The summed E-state index contributed by atoms with van der Waals surface area (Å²) in [7, 11) is 0. The minimum Gasteiger partial charge on any atom is -0.477 e. The summed E-state index contributed by atoms with van der Waals surface area (Å²) in [6, 6.07) is 5.58. The van der Waals surface area contributed by atoms with E-state index in [0.29, 0.717) is 24.9 Å². The number of aromatic nitrogens is 1. The molecule has 0 N–H and O–H groups in total. The minimum atomic E-state index is -0.458. The number of rotatable bonds is 3. The van der Waals surface area contributed by atoms with Gasteiger partial charge in [-0.15, -0.1) is 0 Å². The molecule has 2 rings (SSSR count). The molecule has 0 unspecified atom stereocenters. The van der Waals surface area contributed by atoms with Gasteiger partial charge in [-0.3, -0.25) is 0 Å². The maximum Gasteiger partial charge on any atom is 0.410 e. The second-order valence-electron chi connectivity index (χ2n) is 6.54. The number of piperidine rings is 1. The summed E-state index contributed by atoms with van der Waals surface area (Å²) in [5.74, 6) is 0.908. The number of halogens is 1. The number of hydrogen-bond donors (Lipinski definition) is 0. The van der Waals surface area contributed by atoms with E-state index in [9.17, 15) is 4.79 Å². The molecule has 1 fully saturated rings. The molecule has 0 radical (unpaired) electrons. The molecule has 22 heavy (non-hydrogen) atoms. The van der Waals surface area contributed by atoms with Crippen LogP contribution in [0.25, 0.3) is 0 Å². The van der Waals surface area contributed by atoms with Crippen LogP contribution in [-0.4, -0.2) is 41.3 Å². The van der Waals surface area contributed by atoms with E-state index in [1.807, 2.05) is 39.0 Å². The molecule has 1 aromatic heterocycles. The highest BCUT2D eigenvalue weighted by Crippen LogP contribution is 2.21. The topological polar surface area (TPSA) is 51.7 Å². The number of likely N-dealkylation sites (tertiary alicyclic amines) is 1. The molecule has 1 amide bonds. The van der Waals surface area contributed by atoms with E-state index in [1.54, 1.807) is 4.90 Å². The lowest BCUT2D eigenvalue weighted by Crippen LogP contribution is -2.44. The predicted molar refractivity (Wildman–Crippen MR) is 88.0 cm³/mol. The molecule has 5 nitrogen and oxygen atoms in total. The van der Waals surface area contributed by atoms with E-state index >= 15 is 0 Å². The van der Waals surface area contributed by atoms with Gasteiger partial charge in [-0.05, 0) is 55.6 Å². The second kappa shape index (κ2) is 7.31. The van der Waals surface area contributed by atoms with Crippen LogP contribution in [-0.2, 0) is 4.74 Å². The molecule has 1 aromatic rings. The average molecular weight is 371 g/mol. The van der Waals surface area contributed by atoms with Crippen LogP contribution in [0.2, 0.25) is 0 Å². The van der Waals surface area contributed by atoms with Gasteiger partial charge in [-0.1, -0.05) is 6.07 Å². The number of hydrogen-bond acceptors (Lipinski definition) is 4. The SMILES string of the molecule is CC(C)(C)OC(=O)N1CCC[C@@H](COc2cccc(Br)n2)C1. The molecule has 0 aliphatic carbocycles. The van der Waals surface area contributed by atoms with Crippen LogP contribution in [0.4, 0.5) is 4.79 Å². The normalized spacial score (nSPS) is 18.9. The molecule has 1 aliphatic rings. The van der Waals surface area contributed by atoms with Crippen LogP contribution in [0.15, 0.2) is 22.8 Å². The summed E-state index contributed by atoms with van der Waals surface area (Å²) in [6.45, 7) is 7.63. The van der Waals surface area contributed by atoms with Crippen molar-refractivity contribution in [3.63, 3.8) is 0 Å². The van der Waals surface area contributed by atoms with Crippen molar-refractivity contribution in [1.82, 2.24) is 9.88 Å². The van der Waals surface area contributed by atoms with Crippen molar-refractivity contribution < 1.29 is 14.3 Å². The molecule has 122 valence electrons. The van der Waals surface area contributed by atoms with Gasteiger partial charge in [-0.2, -0.15) is 0 Å². The Morgan fingerprint density at radius 2 is 2.23 bits per heavy atom. The summed E-state index contributed by atoms with van der Waals surface area (Å²) in [6.07, 6.45) is 1.78. The number of pyridine rings is 1. The number of amides is 1. The Labute approximate surface area is 140 Å². The zero-order valence-corrected chi connectivity index (χ0v) is 14.9. The summed E-state index contributed by atoms with van der Waals surface area (Å²) < 4.78 is 11.9. The van der Waals surface area contributed by atoms with Gasteiger partial charge in [0.2, 0.25) is 5.88 Å². The van der Waals surface area contributed by atoms with Gasteiger partial charge in [0.15, 0.2) is 0 Å². The monoisotopic (exact) mass is 370 g/mol. The molecule has 1 aliphatic heterocycles. The van der Waals surface area contributed by atoms with E-state index in [4.69, 9.17) is 9.47 Å². The average Bonchev–Trinajstić information content (AvgIpc) is 2.44. The maximum absolute atomic E-state index is 12.1. The maximum atomic E-state index is 12.1. The van der Waals surface area contributed by atoms with Crippen molar-refractivity contribution in [1.29, 1.82) is 0 Å². The molecule has 2 heterocycles. The third-order valence-corrected chi connectivity index (χ3v) is 3.77. The Bertz CT molecular complexity index is 516. The predicted octanol–water partition coefficient (Wildman–Crippen LogP) is 3.87. The molecule has 0 bridgehead atoms. The van der Waals surface area contributed by atoms with E-state index in [1.165, 1.54) is 0 Å². The fraction of sp³-hybridized carbons (Fsp3) is 0.625. The Morgan fingerprint density at radius 1 is 1.45 bits per heavy atom. The standard InChI is InChI=1S/C16H23BrN2O3/c1-16(2,3)22-15(20)19-9-5-6-12(10-19)11-21-14-8-4-7-13(17)18-14/h4,7-8,12H,5-6,9-11H2,1-3H3/t12-/m1/s1. The summed E-state index contributed by atoms with van der Waals surface area (Å²) in [5, 5.41) is 0. The fourth-order valence-electron chi connectivity index (χ4n) is 2.37. The van der Waals surface area contributed by atoms with Crippen molar-refractivity contribution >= 4 is 22.0 Å². The largest absolute Gasteiger partial charge is 0.477 e. The lowest BCUT2D eigenvalue weighted by Gasteiger charge is -2.33. The first kappa shape index (κ1) is 17.1. The molecule has 0 spiro atoms. The lowest BCUT2D eigenvalue weighted by molar-refractivity contribution is 0.0138. The van der Waals surface area contributed by atoms with Crippen LogP contribution >= 0.6 is 15.9 Å². The highest BCUT2D eigenvalue weighted by molar-refractivity contribution is 9.10. The number of carbonyl (C=O) groups excluding carboxylic acids is 1. The van der Waals surface area contributed by atoms with E-state index in [0.717, 1.165) is 24.0 Å². The number of carbonyl (C=O) groups is 1. The van der Waals surface area contributed by atoms with Gasteiger partial charge in [-0.25, -0.2) is 9.78 Å². The van der Waals surface area contributed by atoms with Crippen molar-refractivity contribution in [3.05, 3.63) is 22.8 Å².